The first-order valence-corrected chi connectivity index (χ1v) is 4.74. The van der Waals surface area contributed by atoms with Crippen LogP contribution in [0.15, 0.2) is 0 Å². The molecular formula is C9H20NO2+. The fraction of sp³-hybridized carbons (Fsp3) is 1.00. The molecule has 0 aliphatic heterocycles. The van der Waals surface area contributed by atoms with Crippen LogP contribution in [0.5, 0.6) is 0 Å². The van der Waals surface area contributed by atoms with Crippen molar-refractivity contribution >= 4 is 0 Å². The third kappa shape index (κ3) is 7.51. The maximum atomic E-state index is 10.9. The van der Waals surface area contributed by atoms with E-state index in [9.17, 15) is 4.91 Å². The summed E-state index contributed by atoms with van der Waals surface area (Å²) in [7, 11) is 0. The van der Waals surface area contributed by atoms with Crippen LogP contribution in [0.2, 0.25) is 0 Å². The van der Waals surface area contributed by atoms with E-state index in [1.807, 2.05) is 13.8 Å². The van der Waals surface area contributed by atoms with Crippen LogP contribution in [0, 0.1) is 10.8 Å². The maximum Gasteiger partial charge on any atom is 0.248 e. The Morgan fingerprint density at radius 1 is 1.33 bits per heavy atom. The zero-order chi connectivity index (χ0) is 9.40. The smallest absolute Gasteiger partial charge is 0.232 e. The molecule has 0 fully saturated rings. The van der Waals surface area contributed by atoms with Gasteiger partial charge < -0.3 is 0 Å². The van der Waals surface area contributed by atoms with Gasteiger partial charge in [0.2, 0.25) is 11.5 Å². The number of unbranched alkanes of at least 4 members (excludes halogenated alkanes) is 2. The van der Waals surface area contributed by atoms with Gasteiger partial charge in [0.15, 0.2) is 6.61 Å². The molecule has 12 heavy (non-hydrogen) atoms. The molecule has 0 saturated carbocycles. The minimum atomic E-state index is 0.424. The minimum Gasteiger partial charge on any atom is -0.232 e. The molecule has 0 bridgehead atoms. The molecule has 0 heterocycles. The van der Waals surface area contributed by atoms with Gasteiger partial charge in [0.1, 0.15) is 0 Å². The van der Waals surface area contributed by atoms with Crippen molar-refractivity contribution < 1.29 is 9.76 Å². The highest BCUT2D eigenvalue weighted by atomic mass is 16.8. The zero-order valence-corrected chi connectivity index (χ0v) is 8.38. The second-order valence-corrected chi connectivity index (χ2v) is 3.45. The molecule has 3 heteroatoms. The predicted octanol–water partition coefficient (Wildman–Crippen LogP) is 2.54. The Hall–Kier alpha value is -0.600. The van der Waals surface area contributed by atoms with E-state index in [-0.39, 0.29) is 0 Å². The molecule has 0 aromatic carbocycles. The molecule has 0 rings (SSSR count). The lowest BCUT2D eigenvalue weighted by molar-refractivity contribution is -0.804. The molecule has 0 aliphatic rings. The largest absolute Gasteiger partial charge is 0.248 e. The summed E-state index contributed by atoms with van der Waals surface area (Å²) in [5.41, 5.74) is 0. The van der Waals surface area contributed by atoms with Gasteiger partial charge in [0.25, 0.3) is 0 Å². The van der Waals surface area contributed by atoms with Crippen LogP contribution in [0.4, 0.5) is 0 Å². The SMILES string of the molecule is CCCCC[N+](=O)OCC(C)C. The fourth-order valence-corrected chi connectivity index (χ4v) is 0.788. The molecule has 0 amide bonds. The Morgan fingerprint density at radius 2 is 2.00 bits per heavy atom. The summed E-state index contributed by atoms with van der Waals surface area (Å²) in [6.45, 7) is 7.19. The van der Waals surface area contributed by atoms with Gasteiger partial charge in [-0.15, -0.1) is 0 Å². The average molecular weight is 174 g/mol. The molecule has 0 atom stereocenters. The third-order valence-corrected chi connectivity index (χ3v) is 1.50. The van der Waals surface area contributed by atoms with E-state index in [1.54, 1.807) is 0 Å². The summed E-state index contributed by atoms with van der Waals surface area (Å²) in [5, 5.41) is 0. The van der Waals surface area contributed by atoms with Crippen molar-refractivity contribution in [3.63, 3.8) is 0 Å². The Morgan fingerprint density at radius 3 is 2.50 bits per heavy atom. The first-order valence-electron chi connectivity index (χ1n) is 4.74. The standard InChI is InChI=1S/C9H20NO2/c1-4-5-6-7-10(11)12-8-9(2)3/h9H,4-8H2,1-3H3/q+1. The zero-order valence-electron chi connectivity index (χ0n) is 8.38. The Labute approximate surface area is 74.6 Å². The molecule has 0 N–H and O–H groups in total. The van der Waals surface area contributed by atoms with Crippen LogP contribution in [0.25, 0.3) is 0 Å². The summed E-state index contributed by atoms with van der Waals surface area (Å²) < 4.78 is 0. The lowest BCUT2D eigenvalue weighted by Crippen LogP contribution is -2.14. The highest BCUT2D eigenvalue weighted by Gasteiger charge is 2.09. The van der Waals surface area contributed by atoms with Gasteiger partial charge >= 0.3 is 0 Å². The van der Waals surface area contributed by atoms with Crippen LogP contribution < -0.4 is 0 Å². The predicted molar refractivity (Wildman–Crippen MR) is 48.8 cm³/mol. The lowest BCUT2D eigenvalue weighted by atomic mass is 10.2. The molecule has 0 aliphatic carbocycles. The van der Waals surface area contributed by atoms with Crippen LogP contribution in [0.1, 0.15) is 40.0 Å². The van der Waals surface area contributed by atoms with Gasteiger partial charge in [-0.1, -0.05) is 27.2 Å². The molecule has 72 valence electrons. The summed E-state index contributed by atoms with van der Waals surface area (Å²) >= 11 is 0. The van der Waals surface area contributed by atoms with Crippen LogP contribution in [-0.4, -0.2) is 18.1 Å². The maximum absolute atomic E-state index is 10.9. The van der Waals surface area contributed by atoms with Gasteiger partial charge in [-0.3, -0.25) is 0 Å². The second-order valence-electron chi connectivity index (χ2n) is 3.45. The summed E-state index contributed by atoms with van der Waals surface area (Å²) in [5.74, 6) is 0.424. The van der Waals surface area contributed by atoms with Crippen LogP contribution in [-0.2, 0) is 4.84 Å². The first-order chi connectivity index (χ1) is 5.66. The average Bonchev–Trinajstić information content (AvgIpc) is 2.01. The van der Waals surface area contributed by atoms with Crippen molar-refractivity contribution in [2.45, 2.75) is 40.0 Å². The van der Waals surface area contributed by atoms with E-state index >= 15 is 0 Å². The molecule has 0 radical (unpaired) electrons. The first kappa shape index (κ1) is 11.4. The molecule has 3 nitrogen and oxygen atoms in total. The van der Waals surface area contributed by atoms with Gasteiger partial charge in [0.05, 0.1) is 4.91 Å². The molecule has 0 saturated heterocycles. The van der Waals surface area contributed by atoms with Crippen molar-refractivity contribution in [3.05, 3.63) is 4.91 Å². The molecule has 0 aromatic rings. The van der Waals surface area contributed by atoms with Gasteiger partial charge in [-0.25, -0.2) is 4.84 Å². The van der Waals surface area contributed by atoms with E-state index in [2.05, 4.69) is 6.92 Å². The number of rotatable bonds is 7. The monoisotopic (exact) mass is 174 g/mol. The van der Waals surface area contributed by atoms with Gasteiger partial charge in [-0.2, -0.15) is 0 Å². The number of nitrogens with zero attached hydrogens (tertiary/aromatic N) is 1. The number of hydrogen-bond donors (Lipinski definition) is 0. The quantitative estimate of drug-likeness (QED) is 0.438. The summed E-state index contributed by atoms with van der Waals surface area (Å²) in [6, 6.07) is 0. The molecule has 0 spiro atoms. The third-order valence-electron chi connectivity index (χ3n) is 1.50. The van der Waals surface area contributed by atoms with Gasteiger partial charge in [0, 0.05) is 6.42 Å². The van der Waals surface area contributed by atoms with E-state index in [1.165, 1.54) is 0 Å². The molecular weight excluding hydrogens is 154 g/mol. The van der Waals surface area contributed by atoms with E-state index < -0.39 is 0 Å². The van der Waals surface area contributed by atoms with Crippen molar-refractivity contribution in [2.75, 3.05) is 13.2 Å². The highest BCUT2D eigenvalue weighted by Crippen LogP contribution is 1.96. The van der Waals surface area contributed by atoms with Crippen molar-refractivity contribution in [1.82, 2.24) is 0 Å². The van der Waals surface area contributed by atoms with Crippen LogP contribution in [0.3, 0.4) is 0 Å². The summed E-state index contributed by atoms with van der Waals surface area (Å²) in [4.78, 5) is 16.5. The number of hydrogen-bond acceptors (Lipinski definition) is 2. The highest BCUT2D eigenvalue weighted by molar-refractivity contribution is 4.35. The van der Waals surface area contributed by atoms with E-state index in [0.717, 1.165) is 19.3 Å². The van der Waals surface area contributed by atoms with Crippen molar-refractivity contribution in [3.8, 4) is 0 Å². The Kier molecular flexibility index (Phi) is 6.72. The molecule has 0 unspecified atom stereocenters. The van der Waals surface area contributed by atoms with Crippen LogP contribution >= 0.6 is 0 Å². The van der Waals surface area contributed by atoms with Gasteiger partial charge in [-0.05, 0) is 12.3 Å². The van der Waals surface area contributed by atoms with Crippen molar-refractivity contribution in [2.24, 2.45) is 5.92 Å². The topological polar surface area (TPSA) is 29.3 Å². The molecule has 0 aromatic heterocycles. The second kappa shape index (κ2) is 7.07. The van der Waals surface area contributed by atoms with Crippen molar-refractivity contribution in [1.29, 1.82) is 0 Å². The fourth-order valence-electron chi connectivity index (χ4n) is 0.788. The Bertz CT molecular complexity index is 124. The minimum absolute atomic E-state index is 0.424. The van der Waals surface area contributed by atoms with E-state index in [4.69, 9.17) is 4.84 Å². The lowest BCUT2D eigenvalue weighted by Gasteiger charge is -1.98. The van der Waals surface area contributed by atoms with E-state index in [0.29, 0.717) is 24.0 Å². The Balaban J connectivity index is 3.22. The summed E-state index contributed by atoms with van der Waals surface area (Å²) in [6.07, 6.45) is 3.17. The normalized spacial score (nSPS) is 10.3.